The Labute approximate surface area is 166 Å². The van der Waals surface area contributed by atoms with Crippen molar-refractivity contribution in [3.05, 3.63) is 82.4 Å². The molecule has 0 radical (unpaired) electrons. The molecule has 0 atom stereocenters. The zero-order valence-corrected chi connectivity index (χ0v) is 16.0. The second kappa shape index (κ2) is 8.11. The van der Waals surface area contributed by atoms with Gasteiger partial charge < -0.3 is 4.74 Å². The number of methoxy groups -OCH3 is 1. The van der Waals surface area contributed by atoms with Crippen LogP contribution in [0.4, 0.5) is 5.69 Å². The van der Waals surface area contributed by atoms with Crippen molar-refractivity contribution in [1.82, 2.24) is 4.72 Å². The van der Waals surface area contributed by atoms with Gasteiger partial charge in [-0.05, 0) is 34.5 Å². The number of nitrogens with one attached hydrogen (secondary N) is 1. The fraction of sp³-hybridized carbons (Fsp3) is 0.0500. The van der Waals surface area contributed by atoms with Gasteiger partial charge in [-0.1, -0.05) is 42.5 Å². The number of nitro groups is 1. The summed E-state index contributed by atoms with van der Waals surface area (Å²) in [5.74, 6) is -0.805. The van der Waals surface area contributed by atoms with E-state index in [9.17, 15) is 23.3 Å². The number of nitrogens with zero attached hydrogens (tertiary/aromatic N) is 1. The molecule has 0 aliphatic rings. The maximum Gasteiger partial charge on any atom is 0.293 e. The minimum absolute atomic E-state index is 0.123. The number of sulfonamides is 1. The van der Waals surface area contributed by atoms with Crippen molar-refractivity contribution >= 4 is 38.5 Å². The van der Waals surface area contributed by atoms with Crippen molar-refractivity contribution in [2.45, 2.75) is 4.90 Å². The first-order chi connectivity index (χ1) is 13.8. The van der Waals surface area contributed by atoms with Gasteiger partial charge in [0.05, 0.1) is 18.1 Å². The third-order valence-corrected chi connectivity index (χ3v) is 5.52. The van der Waals surface area contributed by atoms with E-state index in [1.807, 2.05) is 41.1 Å². The lowest BCUT2D eigenvalue weighted by atomic mass is 10.0. The van der Waals surface area contributed by atoms with Crippen LogP contribution in [0.1, 0.15) is 5.56 Å². The Hall–Kier alpha value is -3.72. The van der Waals surface area contributed by atoms with Crippen LogP contribution < -0.4 is 9.46 Å². The first-order valence-electron chi connectivity index (χ1n) is 8.37. The van der Waals surface area contributed by atoms with E-state index >= 15 is 0 Å². The summed E-state index contributed by atoms with van der Waals surface area (Å²) in [5.41, 5.74) is 0.0359. The number of benzene rings is 3. The quantitative estimate of drug-likeness (QED) is 0.377. The molecule has 0 aliphatic carbocycles. The van der Waals surface area contributed by atoms with Gasteiger partial charge in [0.25, 0.3) is 21.6 Å². The molecule has 0 unspecified atom stereocenters. The molecule has 3 rings (SSSR count). The predicted molar refractivity (Wildman–Crippen MR) is 108 cm³/mol. The third kappa shape index (κ3) is 4.41. The van der Waals surface area contributed by atoms with Crippen LogP contribution in [0.5, 0.6) is 5.75 Å². The number of ether oxygens (including phenoxy) is 1. The molecule has 0 saturated carbocycles. The van der Waals surface area contributed by atoms with E-state index < -0.39 is 31.4 Å². The summed E-state index contributed by atoms with van der Waals surface area (Å²) < 4.78 is 31.7. The zero-order chi connectivity index (χ0) is 21.0. The number of carbonyl (C=O) groups is 1. The molecule has 0 saturated heterocycles. The summed E-state index contributed by atoms with van der Waals surface area (Å²) in [6.07, 6.45) is 2.55. The van der Waals surface area contributed by atoms with Crippen molar-refractivity contribution in [2.75, 3.05) is 7.11 Å². The van der Waals surface area contributed by atoms with Gasteiger partial charge >= 0.3 is 0 Å². The number of nitro benzene ring substituents is 1. The Morgan fingerprint density at radius 1 is 1.10 bits per heavy atom. The zero-order valence-electron chi connectivity index (χ0n) is 15.2. The summed E-state index contributed by atoms with van der Waals surface area (Å²) in [6.45, 7) is 0. The summed E-state index contributed by atoms with van der Waals surface area (Å²) >= 11 is 0. The van der Waals surface area contributed by atoms with Gasteiger partial charge in [0.15, 0.2) is 4.90 Å². The van der Waals surface area contributed by atoms with Crippen molar-refractivity contribution < 1.29 is 22.9 Å². The fourth-order valence-electron chi connectivity index (χ4n) is 2.78. The predicted octanol–water partition coefficient (Wildman–Crippen LogP) is 3.27. The Morgan fingerprint density at radius 3 is 2.55 bits per heavy atom. The maximum atomic E-state index is 12.5. The molecular formula is C20H16N2O6S. The average molecular weight is 412 g/mol. The molecule has 1 amide bonds. The molecule has 3 aromatic rings. The first-order valence-corrected chi connectivity index (χ1v) is 9.85. The molecule has 1 N–H and O–H groups in total. The lowest BCUT2D eigenvalue weighted by molar-refractivity contribution is -0.387. The largest absolute Gasteiger partial charge is 0.497 e. The molecule has 148 valence electrons. The standard InChI is InChI=1S/C20H16N2O6S/c1-28-16-10-11-19(18(13-16)22(24)25)29(26,27)21-20(23)12-9-15-7-4-6-14-5-2-3-8-17(14)15/h2-13H,1H3,(H,21,23)/b12-9-. The number of fused-ring (bicyclic) bond motifs is 1. The van der Waals surface area contributed by atoms with Gasteiger partial charge in [0.2, 0.25) is 0 Å². The highest BCUT2D eigenvalue weighted by molar-refractivity contribution is 7.90. The Kier molecular flexibility index (Phi) is 5.60. The first kappa shape index (κ1) is 20.0. The number of hydrogen-bond acceptors (Lipinski definition) is 6. The molecule has 8 nitrogen and oxygen atoms in total. The second-order valence-corrected chi connectivity index (χ2v) is 7.61. The molecule has 0 spiro atoms. The van der Waals surface area contributed by atoms with E-state index in [2.05, 4.69) is 0 Å². The maximum absolute atomic E-state index is 12.5. The topological polar surface area (TPSA) is 116 Å². The smallest absolute Gasteiger partial charge is 0.293 e. The number of hydrogen-bond donors (Lipinski definition) is 1. The highest BCUT2D eigenvalue weighted by Gasteiger charge is 2.27. The van der Waals surface area contributed by atoms with Crippen LogP contribution in [0.25, 0.3) is 16.8 Å². The van der Waals surface area contributed by atoms with Gasteiger partial charge in [-0.2, -0.15) is 0 Å². The molecule has 0 heterocycles. The Balaban J connectivity index is 1.86. The van der Waals surface area contributed by atoms with Gasteiger partial charge in [0.1, 0.15) is 5.75 Å². The van der Waals surface area contributed by atoms with Crippen LogP contribution in [0.15, 0.2) is 71.6 Å². The summed E-state index contributed by atoms with van der Waals surface area (Å²) in [4.78, 5) is 21.9. The Bertz CT molecular complexity index is 1230. The van der Waals surface area contributed by atoms with Crippen molar-refractivity contribution in [3.8, 4) is 5.75 Å². The highest BCUT2D eigenvalue weighted by Crippen LogP contribution is 2.28. The third-order valence-electron chi connectivity index (χ3n) is 4.12. The SMILES string of the molecule is COc1ccc(S(=O)(=O)NC(=O)/C=C\c2cccc3ccccc23)c([N+](=O)[O-])c1. The van der Waals surface area contributed by atoms with Crippen molar-refractivity contribution in [2.24, 2.45) is 0 Å². The minimum atomic E-state index is -4.46. The highest BCUT2D eigenvalue weighted by atomic mass is 32.2. The van der Waals surface area contributed by atoms with Crippen LogP contribution in [0, 0.1) is 10.1 Å². The molecule has 29 heavy (non-hydrogen) atoms. The number of rotatable bonds is 6. The summed E-state index contributed by atoms with van der Waals surface area (Å²) in [7, 11) is -3.16. The van der Waals surface area contributed by atoms with Crippen molar-refractivity contribution in [1.29, 1.82) is 0 Å². The minimum Gasteiger partial charge on any atom is -0.497 e. The van der Waals surface area contributed by atoms with E-state index in [0.29, 0.717) is 0 Å². The normalized spacial score (nSPS) is 11.5. The van der Waals surface area contributed by atoms with E-state index in [0.717, 1.165) is 34.5 Å². The van der Waals surface area contributed by atoms with Gasteiger partial charge in [-0.15, -0.1) is 0 Å². The summed E-state index contributed by atoms with van der Waals surface area (Å²) in [5, 5.41) is 13.1. The van der Waals surface area contributed by atoms with Crippen LogP contribution in [-0.4, -0.2) is 26.4 Å². The van der Waals surface area contributed by atoms with Crippen LogP contribution in [0.3, 0.4) is 0 Å². The van der Waals surface area contributed by atoms with Gasteiger partial charge in [-0.3, -0.25) is 14.9 Å². The van der Waals surface area contributed by atoms with Gasteiger partial charge in [0, 0.05) is 6.08 Å². The van der Waals surface area contributed by atoms with E-state index in [4.69, 9.17) is 4.74 Å². The molecular weight excluding hydrogens is 396 g/mol. The monoisotopic (exact) mass is 412 g/mol. The molecule has 0 bridgehead atoms. The second-order valence-electron chi connectivity index (χ2n) is 5.96. The number of amides is 1. The van der Waals surface area contributed by atoms with E-state index in [-0.39, 0.29) is 5.75 Å². The molecule has 0 aromatic heterocycles. The van der Waals surface area contributed by atoms with Crippen LogP contribution >= 0.6 is 0 Å². The average Bonchev–Trinajstić information content (AvgIpc) is 2.71. The van der Waals surface area contributed by atoms with Crippen molar-refractivity contribution in [3.63, 3.8) is 0 Å². The molecule has 9 heteroatoms. The van der Waals surface area contributed by atoms with Crippen LogP contribution in [0.2, 0.25) is 0 Å². The number of carbonyl (C=O) groups excluding carboxylic acids is 1. The molecule has 3 aromatic carbocycles. The van der Waals surface area contributed by atoms with Crippen LogP contribution in [-0.2, 0) is 14.8 Å². The van der Waals surface area contributed by atoms with E-state index in [1.165, 1.54) is 19.3 Å². The molecule has 0 fully saturated rings. The molecule has 0 aliphatic heterocycles. The lowest BCUT2D eigenvalue weighted by Crippen LogP contribution is -2.29. The summed E-state index contributed by atoms with van der Waals surface area (Å²) in [6, 6.07) is 16.3. The Morgan fingerprint density at radius 2 is 1.83 bits per heavy atom. The fourth-order valence-corrected chi connectivity index (χ4v) is 3.88. The van der Waals surface area contributed by atoms with Gasteiger partial charge in [-0.25, -0.2) is 13.1 Å². The van der Waals surface area contributed by atoms with E-state index in [1.54, 1.807) is 6.07 Å². The lowest BCUT2D eigenvalue weighted by Gasteiger charge is -2.07.